The van der Waals surface area contributed by atoms with Crippen molar-refractivity contribution in [2.75, 3.05) is 12.5 Å². The number of benzene rings is 2. The summed E-state index contributed by atoms with van der Waals surface area (Å²) in [6.45, 7) is 0. The minimum Gasteiger partial charge on any atom is -0.493 e. The van der Waals surface area contributed by atoms with Gasteiger partial charge in [-0.05, 0) is 48.0 Å². The molecule has 29 heavy (non-hydrogen) atoms. The number of aromatic amines is 1. The molecule has 0 fully saturated rings. The lowest BCUT2D eigenvalue weighted by molar-refractivity contribution is 0.0729. The Balaban J connectivity index is 1.45. The number of carbonyl (C=O) groups excluding carboxylic acids is 1. The van der Waals surface area contributed by atoms with Gasteiger partial charge in [0.15, 0.2) is 11.5 Å². The number of carbonyl (C=O) groups is 1. The number of methoxy groups -OCH3 is 1. The summed E-state index contributed by atoms with van der Waals surface area (Å²) in [5.74, 6) is 0.785. The first-order chi connectivity index (χ1) is 14.2. The van der Waals surface area contributed by atoms with Gasteiger partial charge in [0, 0.05) is 12.4 Å². The van der Waals surface area contributed by atoms with E-state index in [1.54, 1.807) is 36.5 Å². The van der Waals surface area contributed by atoms with Gasteiger partial charge < -0.3 is 14.5 Å². The van der Waals surface area contributed by atoms with E-state index in [1.165, 1.54) is 19.5 Å². The predicted molar refractivity (Wildman–Crippen MR) is 109 cm³/mol. The molecule has 0 spiro atoms. The zero-order chi connectivity index (χ0) is 20.1. The fourth-order valence-electron chi connectivity index (χ4n) is 2.67. The third kappa shape index (κ3) is 4.22. The molecule has 0 aliphatic rings. The van der Waals surface area contributed by atoms with E-state index >= 15 is 0 Å². The number of nitrogens with one attached hydrogen (secondary N) is 2. The molecule has 2 aromatic heterocycles. The van der Waals surface area contributed by atoms with Crippen LogP contribution in [0.3, 0.4) is 0 Å². The Labute approximate surface area is 166 Å². The molecular weight excluding hydrogens is 370 g/mol. The summed E-state index contributed by atoms with van der Waals surface area (Å²) in [7, 11) is 1.51. The first-order valence-corrected chi connectivity index (χ1v) is 8.77. The maximum absolute atomic E-state index is 12.2. The fraction of sp³-hybridized carbons (Fsp3) is 0.0476. The first kappa shape index (κ1) is 18.2. The summed E-state index contributed by atoms with van der Waals surface area (Å²) in [6, 6.07) is 16.0. The molecule has 4 rings (SSSR count). The minimum atomic E-state index is -0.487. The van der Waals surface area contributed by atoms with Crippen LogP contribution in [0.2, 0.25) is 0 Å². The highest BCUT2D eigenvalue weighted by Crippen LogP contribution is 2.28. The molecule has 8 nitrogen and oxygen atoms in total. The number of hydrogen-bond donors (Lipinski definition) is 2. The summed E-state index contributed by atoms with van der Waals surface area (Å²) < 4.78 is 10.8. The Morgan fingerprint density at radius 1 is 1.10 bits per heavy atom. The van der Waals surface area contributed by atoms with Crippen molar-refractivity contribution in [3.8, 4) is 11.5 Å². The normalized spacial score (nSPS) is 10.9. The number of imidazole rings is 1. The number of aromatic nitrogens is 3. The standard InChI is InChI=1S/C21H17N5O3/c1-28-19-12-14(6-7-18(19)29-20(27)15-8-10-22-11-9-15)13-23-26-21-24-16-4-2-3-5-17(16)25-21/h2-13H,1H3,(H2,24,25,26)/b23-13-. The highest BCUT2D eigenvalue weighted by molar-refractivity contribution is 5.91. The molecule has 2 N–H and O–H groups in total. The molecule has 2 aromatic carbocycles. The van der Waals surface area contributed by atoms with Gasteiger partial charge in [0.05, 0.1) is 29.9 Å². The molecule has 0 atom stereocenters. The number of para-hydroxylation sites is 2. The number of anilines is 1. The van der Waals surface area contributed by atoms with Crippen molar-refractivity contribution in [3.63, 3.8) is 0 Å². The summed E-state index contributed by atoms with van der Waals surface area (Å²) in [5, 5.41) is 4.18. The van der Waals surface area contributed by atoms with E-state index in [2.05, 4.69) is 25.5 Å². The van der Waals surface area contributed by atoms with Crippen molar-refractivity contribution in [2.24, 2.45) is 5.10 Å². The van der Waals surface area contributed by atoms with E-state index in [0.717, 1.165) is 16.6 Å². The highest BCUT2D eigenvalue weighted by Gasteiger charge is 2.12. The smallest absolute Gasteiger partial charge is 0.343 e. The van der Waals surface area contributed by atoms with Crippen LogP contribution in [0, 0.1) is 0 Å². The Morgan fingerprint density at radius 3 is 2.72 bits per heavy atom. The van der Waals surface area contributed by atoms with Crippen LogP contribution in [0.1, 0.15) is 15.9 Å². The van der Waals surface area contributed by atoms with Crippen LogP contribution in [-0.2, 0) is 0 Å². The Hall–Kier alpha value is -4.20. The number of fused-ring (bicyclic) bond motifs is 1. The van der Waals surface area contributed by atoms with Crippen molar-refractivity contribution in [3.05, 3.63) is 78.1 Å². The van der Waals surface area contributed by atoms with Crippen LogP contribution in [-0.4, -0.2) is 34.2 Å². The molecule has 0 bridgehead atoms. The Morgan fingerprint density at radius 2 is 1.93 bits per heavy atom. The van der Waals surface area contributed by atoms with Gasteiger partial charge in [-0.25, -0.2) is 15.2 Å². The second kappa shape index (κ2) is 8.22. The SMILES string of the molecule is COc1cc(/C=N\Nc2nc3ccccc3[nH]2)ccc1OC(=O)c1ccncc1. The summed E-state index contributed by atoms with van der Waals surface area (Å²) in [6.07, 6.45) is 4.68. The maximum Gasteiger partial charge on any atom is 0.343 e. The van der Waals surface area contributed by atoms with E-state index < -0.39 is 5.97 Å². The van der Waals surface area contributed by atoms with Gasteiger partial charge in [0.2, 0.25) is 5.95 Å². The van der Waals surface area contributed by atoms with Gasteiger partial charge in [-0.2, -0.15) is 5.10 Å². The average Bonchev–Trinajstić information content (AvgIpc) is 3.18. The molecule has 8 heteroatoms. The van der Waals surface area contributed by atoms with Crippen LogP contribution in [0.25, 0.3) is 11.0 Å². The molecule has 2 heterocycles. The highest BCUT2D eigenvalue weighted by atomic mass is 16.6. The maximum atomic E-state index is 12.2. The fourth-order valence-corrected chi connectivity index (χ4v) is 2.67. The molecule has 0 aliphatic heterocycles. The van der Waals surface area contributed by atoms with E-state index in [-0.39, 0.29) is 0 Å². The third-order valence-electron chi connectivity index (χ3n) is 4.08. The van der Waals surface area contributed by atoms with Crippen LogP contribution >= 0.6 is 0 Å². The number of nitrogens with zero attached hydrogens (tertiary/aromatic N) is 3. The molecule has 144 valence electrons. The average molecular weight is 387 g/mol. The largest absolute Gasteiger partial charge is 0.493 e. The van der Waals surface area contributed by atoms with Crippen LogP contribution in [0.15, 0.2) is 72.1 Å². The van der Waals surface area contributed by atoms with Crippen LogP contribution in [0.4, 0.5) is 5.95 Å². The van der Waals surface area contributed by atoms with Gasteiger partial charge in [-0.15, -0.1) is 0 Å². The second-order valence-corrected chi connectivity index (χ2v) is 6.01. The molecule has 0 amide bonds. The van der Waals surface area contributed by atoms with Crippen LogP contribution in [0.5, 0.6) is 11.5 Å². The monoisotopic (exact) mass is 387 g/mol. The first-order valence-electron chi connectivity index (χ1n) is 8.77. The zero-order valence-corrected chi connectivity index (χ0v) is 15.5. The molecular formula is C21H17N5O3. The van der Waals surface area contributed by atoms with Crippen molar-refractivity contribution in [1.82, 2.24) is 15.0 Å². The van der Waals surface area contributed by atoms with E-state index in [9.17, 15) is 4.79 Å². The lowest BCUT2D eigenvalue weighted by Crippen LogP contribution is -2.09. The molecule has 0 aliphatic carbocycles. The summed E-state index contributed by atoms with van der Waals surface area (Å²) >= 11 is 0. The van der Waals surface area contributed by atoms with Crippen LogP contribution < -0.4 is 14.9 Å². The van der Waals surface area contributed by atoms with Crippen molar-refractivity contribution in [2.45, 2.75) is 0 Å². The second-order valence-electron chi connectivity index (χ2n) is 6.01. The number of ether oxygens (including phenoxy) is 2. The number of pyridine rings is 1. The molecule has 0 saturated heterocycles. The number of rotatable bonds is 6. The predicted octanol–water partition coefficient (Wildman–Crippen LogP) is 3.63. The third-order valence-corrected chi connectivity index (χ3v) is 4.08. The molecule has 4 aromatic rings. The molecule has 0 radical (unpaired) electrons. The molecule has 0 unspecified atom stereocenters. The van der Waals surface area contributed by atoms with Crippen molar-refractivity contribution < 1.29 is 14.3 Å². The van der Waals surface area contributed by atoms with Crippen molar-refractivity contribution >= 4 is 29.2 Å². The van der Waals surface area contributed by atoms with E-state index in [1.807, 2.05) is 24.3 Å². The van der Waals surface area contributed by atoms with Gasteiger partial charge in [-0.1, -0.05) is 12.1 Å². The quantitative estimate of drug-likeness (QED) is 0.227. The topological polar surface area (TPSA) is 101 Å². The van der Waals surface area contributed by atoms with Gasteiger partial charge in [0.1, 0.15) is 0 Å². The lowest BCUT2D eigenvalue weighted by Gasteiger charge is -2.09. The summed E-state index contributed by atoms with van der Waals surface area (Å²) in [4.78, 5) is 23.6. The number of hydrazone groups is 1. The molecule has 0 saturated carbocycles. The zero-order valence-electron chi connectivity index (χ0n) is 15.5. The van der Waals surface area contributed by atoms with E-state index in [0.29, 0.717) is 23.0 Å². The van der Waals surface area contributed by atoms with Gasteiger partial charge >= 0.3 is 5.97 Å². The Kier molecular flexibility index (Phi) is 5.15. The number of hydrogen-bond acceptors (Lipinski definition) is 7. The summed E-state index contributed by atoms with van der Waals surface area (Å²) in [5.41, 5.74) is 5.80. The lowest BCUT2D eigenvalue weighted by atomic mass is 10.2. The van der Waals surface area contributed by atoms with Gasteiger partial charge in [0.25, 0.3) is 0 Å². The Bertz CT molecular complexity index is 1140. The minimum absolute atomic E-state index is 0.316. The van der Waals surface area contributed by atoms with Crippen molar-refractivity contribution in [1.29, 1.82) is 0 Å². The van der Waals surface area contributed by atoms with Gasteiger partial charge in [-0.3, -0.25) is 4.98 Å². The number of H-pyrrole nitrogens is 1. The number of esters is 1. The van der Waals surface area contributed by atoms with E-state index in [4.69, 9.17) is 9.47 Å².